The van der Waals surface area contributed by atoms with Crippen LogP contribution >= 0.6 is 22.9 Å². The first-order valence-corrected chi connectivity index (χ1v) is 12.6. The normalized spacial score (nSPS) is 15.6. The van der Waals surface area contributed by atoms with Gasteiger partial charge in [-0.15, -0.1) is 11.3 Å². The van der Waals surface area contributed by atoms with E-state index in [2.05, 4.69) is 4.98 Å². The van der Waals surface area contributed by atoms with Crippen molar-refractivity contribution < 1.29 is 30.4 Å². The minimum absolute atomic E-state index is 0.0267. The first kappa shape index (κ1) is 24.8. The van der Waals surface area contributed by atoms with Crippen LogP contribution in [0.1, 0.15) is 16.8 Å². The van der Waals surface area contributed by atoms with Crippen molar-refractivity contribution >= 4 is 38.1 Å². The van der Waals surface area contributed by atoms with Gasteiger partial charge in [0.15, 0.2) is 5.13 Å². The lowest BCUT2D eigenvalue weighted by Gasteiger charge is -2.34. The molecule has 0 aliphatic carbocycles. The summed E-state index contributed by atoms with van der Waals surface area (Å²) in [6.45, 7) is 0.576. The van der Waals surface area contributed by atoms with Crippen molar-refractivity contribution in [3.8, 4) is 0 Å². The molecule has 0 N–H and O–H groups in total. The fraction of sp³-hybridized carbons (Fsp3) is 0.286. The second kappa shape index (κ2) is 9.40. The second-order valence-corrected chi connectivity index (χ2v) is 10.8. The van der Waals surface area contributed by atoms with E-state index in [1.165, 1.54) is 23.5 Å². The second-order valence-electron chi connectivity index (χ2n) is 7.61. The Morgan fingerprint density at radius 1 is 1.00 bits per heavy atom. The minimum atomic E-state index is -4.70. The molecule has 2 heterocycles. The highest BCUT2D eigenvalue weighted by Crippen LogP contribution is 2.35. The highest BCUT2D eigenvalue weighted by atomic mass is 35.5. The molecular weight excluding hydrogens is 521 g/mol. The van der Waals surface area contributed by atoms with Crippen molar-refractivity contribution in [2.75, 3.05) is 31.1 Å². The zero-order valence-corrected chi connectivity index (χ0v) is 19.7. The van der Waals surface area contributed by atoms with Crippen molar-refractivity contribution in [1.29, 1.82) is 0 Å². The molecular formula is C21H17ClF5N3O2S2. The minimum Gasteiger partial charge on any atom is -0.345 e. The van der Waals surface area contributed by atoms with E-state index in [0.29, 0.717) is 22.5 Å². The molecule has 0 unspecified atom stereocenters. The number of hydrogen-bond donors (Lipinski definition) is 0. The Balaban J connectivity index is 1.45. The SMILES string of the molecule is O=S(=O)(c1cc(C(F)(F)F)ccc1Cl)N1CCN(c2nc(Cc3cc(F)cc(F)c3)cs2)CC1. The molecule has 1 aromatic heterocycles. The maximum atomic E-state index is 13.4. The number of thiazole rings is 1. The van der Waals surface area contributed by atoms with Crippen molar-refractivity contribution in [3.05, 3.63) is 75.3 Å². The number of sulfonamides is 1. The molecule has 0 atom stereocenters. The van der Waals surface area contributed by atoms with Gasteiger partial charge < -0.3 is 4.90 Å². The number of alkyl halides is 3. The number of piperazine rings is 1. The molecule has 3 aromatic rings. The number of aromatic nitrogens is 1. The summed E-state index contributed by atoms with van der Waals surface area (Å²) in [5, 5.41) is 2.08. The summed E-state index contributed by atoms with van der Waals surface area (Å²) in [5.74, 6) is -1.35. The van der Waals surface area contributed by atoms with Gasteiger partial charge in [-0.25, -0.2) is 22.2 Å². The summed E-state index contributed by atoms with van der Waals surface area (Å²) in [6.07, 6.45) is -4.47. The predicted molar refractivity (Wildman–Crippen MR) is 119 cm³/mol. The van der Waals surface area contributed by atoms with E-state index in [9.17, 15) is 30.4 Å². The summed E-state index contributed by atoms with van der Waals surface area (Å²) >= 11 is 7.23. The zero-order chi connectivity index (χ0) is 24.7. The molecule has 182 valence electrons. The van der Waals surface area contributed by atoms with Gasteiger partial charge >= 0.3 is 6.18 Å². The van der Waals surface area contributed by atoms with Crippen molar-refractivity contribution in [2.24, 2.45) is 0 Å². The highest BCUT2D eigenvalue weighted by Gasteiger charge is 2.35. The maximum Gasteiger partial charge on any atom is 0.416 e. The Bertz CT molecular complexity index is 1290. The van der Waals surface area contributed by atoms with Crippen LogP contribution in [0, 0.1) is 11.6 Å². The zero-order valence-electron chi connectivity index (χ0n) is 17.3. The van der Waals surface area contributed by atoms with E-state index >= 15 is 0 Å². The predicted octanol–water partition coefficient (Wildman–Crippen LogP) is 5.20. The first-order chi connectivity index (χ1) is 15.9. The smallest absolute Gasteiger partial charge is 0.345 e. The Hall–Kier alpha value is -2.28. The van der Waals surface area contributed by atoms with Gasteiger partial charge in [0.05, 0.1) is 16.3 Å². The molecule has 0 spiro atoms. The van der Waals surface area contributed by atoms with Crippen molar-refractivity contribution in [3.63, 3.8) is 0 Å². The summed E-state index contributed by atoms with van der Waals surface area (Å²) < 4.78 is 93.0. The standard InChI is InChI=1S/C21H17ClF5N3O2S2/c22-18-2-1-14(21(25,26)27)10-19(18)34(31,32)30-5-3-29(4-6-30)20-28-17(12-33-20)9-13-7-15(23)11-16(24)8-13/h1-2,7-8,10-12H,3-6,9H2. The fourth-order valence-electron chi connectivity index (χ4n) is 3.58. The van der Waals surface area contributed by atoms with Crippen LogP contribution in [0.4, 0.5) is 27.1 Å². The van der Waals surface area contributed by atoms with E-state index in [1.54, 1.807) is 5.38 Å². The van der Waals surface area contributed by atoms with Gasteiger partial charge in [-0.2, -0.15) is 17.5 Å². The Morgan fingerprint density at radius 3 is 2.26 bits per heavy atom. The average molecular weight is 538 g/mol. The van der Waals surface area contributed by atoms with Gasteiger partial charge in [0.1, 0.15) is 16.5 Å². The Labute approximate surface area is 201 Å². The van der Waals surface area contributed by atoms with Gasteiger partial charge in [0.2, 0.25) is 10.0 Å². The van der Waals surface area contributed by atoms with E-state index in [-0.39, 0.29) is 37.6 Å². The summed E-state index contributed by atoms with van der Waals surface area (Å²) in [6, 6.07) is 5.45. The molecule has 0 amide bonds. The molecule has 5 nitrogen and oxygen atoms in total. The van der Waals surface area contributed by atoms with Crippen LogP contribution in [0.25, 0.3) is 0 Å². The number of hydrogen-bond acceptors (Lipinski definition) is 5. The molecule has 2 aromatic carbocycles. The monoisotopic (exact) mass is 537 g/mol. The Morgan fingerprint density at radius 2 is 1.65 bits per heavy atom. The largest absolute Gasteiger partial charge is 0.416 e. The lowest BCUT2D eigenvalue weighted by Crippen LogP contribution is -2.48. The third-order valence-electron chi connectivity index (χ3n) is 5.23. The molecule has 34 heavy (non-hydrogen) atoms. The van der Waals surface area contributed by atoms with Crippen LogP contribution in [0.3, 0.4) is 0 Å². The number of nitrogens with zero attached hydrogens (tertiary/aromatic N) is 3. The van der Waals surface area contributed by atoms with Crippen LogP contribution in [0.5, 0.6) is 0 Å². The van der Waals surface area contributed by atoms with E-state index in [0.717, 1.165) is 22.5 Å². The molecule has 1 aliphatic heterocycles. The first-order valence-electron chi connectivity index (χ1n) is 9.95. The molecule has 0 radical (unpaired) electrons. The molecule has 1 fully saturated rings. The number of halogens is 6. The van der Waals surface area contributed by atoms with Gasteiger partial charge in [0.25, 0.3) is 0 Å². The molecule has 1 saturated heterocycles. The van der Waals surface area contributed by atoms with E-state index in [4.69, 9.17) is 11.6 Å². The van der Waals surface area contributed by atoms with Crippen LogP contribution in [0.2, 0.25) is 5.02 Å². The van der Waals surface area contributed by atoms with Crippen LogP contribution in [-0.4, -0.2) is 43.9 Å². The highest BCUT2D eigenvalue weighted by molar-refractivity contribution is 7.89. The summed E-state index contributed by atoms with van der Waals surface area (Å²) in [7, 11) is -4.24. The van der Waals surface area contributed by atoms with Crippen LogP contribution in [-0.2, 0) is 22.6 Å². The average Bonchev–Trinajstić information content (AvgIpc) is 3.21. The molecule has 1 aliphatic rings. The van der Waals surface area contributed by atoms with E-state index in [1.807, 2.05) is 4.90 Å². The summed E-state index contributed by atoms with van der Waals surface area (Å²) in [4.78, 5) is 5.73. The van der Waals surface area contributed by atoms with Gasteiger partial charge in [0, 0.05) is 44.0 Å². The Kier molecular flexibility index (Phi) is 6.87. The van der Waals surface area contributed by atoms with Gasteiger partial charge in [-0.1, -0.05) is 11.6 Å². The quantitative estimate of drug-likeness (QED) is 0.420. The third-order valence-corrected chi connectivity index (χ3v) is 8.56. The lowest BCUT2D eigenvalue weighted by molar-refractivity contribution is -0.137. The van der Waals surface area contributed by atoms with Crippen molar-refractivity contribution in [2.45, 2.75) is 17.5 Å². The van der Waals surface area contributed by atoms with Crippen molar-refractivity contribution in [1.82, 2.24) is 9.29 Å². The number of anilines is 1. The number of benzene rings is 2. The summed E-state index contributed by atoms with van der Waals surface area (Å²) in [5.41, 5.74) is -0.0540. The molecule has 4 rings (SSSR count). The maximum absolute atomic E-state index is 13.4. The fourth-order valence-corrected chi connectivity index (χ4v) is 6.38. The van der Waals surface area contributed by atoms with Gasteiger partial charge in [-0.05, 0) is 35.9 Å². The van der Waals surface area contributed by atoms with Crippen LogP contribution in [0.15, 0.2) is 46.7 Å². The molecule has 0 bridgehead atoms. The van der Waals surface area contributed by atoms with Gasteiger partial charge in [-0.3, -0.25) is 0 Å². The molecule has 0 saturated carbocycles. The lowest BCUT2D eigenvalue weighted by atomic mass is 10.1. The third kappa shape index (κ3) is 5.35. The number of rotatable bonds is 5. The molecule has 13 heteroatoms. The van der Waals surface area contributed by atoms with E-state index < -0.39 is 38.3 Å². The topological polar surface area (TPSA) is 53.5 Å². The van der Waals surface area contributed by atoms with Crippen LogP contribution < -0.4 is 4.90 Å².